The Bertz CT molecular complexity index is 777. The van der Waals surface area contributed by atoms with E-state index in [4.69, 9.17) is 5.10 Å². The van der Waals surface area contributed by atoms with Crippen molar-refractivity contribution in [1.29, 1.82) is 0 Å². The van der Waals surface area contributed by atoms with Gasteiger partial charge in [-0.2, -0.15) is 5.10 Å². The lowest BCUT2D eigenvalue weighted by molar-refractivity contribution is -0.137. The van der Waals surface area contributed by atoms with Gasteiger partial charge in [0.15, 0.2) is 0 Å². The maximum atomic E-state index is 13.0. The number of aromatic nitrogens is 2. The predicted octanol–water partition coefficient (Wildman–Crippen LogP) is 4.84. The number of rotatable bonds is 8. The van der Waals surface area contributed by atoms with Gasteiger partial charge in [0.05, 0.1) is 17.9 Å². The van der Waals surface area contributed by atoms with Crippen molar-refractivity contribution in [3.63, 3.8) is 0 Å². The van der Waals surface area contributed by atoms with E-state index in [0.717, 1.165) is 29.2 Å². The highest BCUT2D eigenvalue weighted by atomic mass is 16.2. The third-order valence-corrected chi connectivity index (χ3v) is 5.19. The van der Waals surface area contributed by atoms with Crippen molar-refractivity contribution in [3.8, 4) is 5.69 Å². The zero-order valence-electron chi connectivity index (χ0n) is 18.7. The number of carbonyl (C=O) groups excluding carboxylic acids is 1. The fourth-order valence-electron chi connectivity index (χ4n) is 3.46. The Labute approximate surface area is 170 Å². The summed E-state index contributed by atoms with van der Waals surface area (Å²) < 4.78 is 2.01. The number of anilines is 1. The Hall–Kier alpha value is -2.30. The van der Waals surface area contributed by atoms with E-state index in [1.807, 2.05) is 55.7 Å². The second kappa shape index (κ2) is 9.26. The minimum absolute atomic E-state index is 0.0246. The third kappa shape index (κ3) is 4.57. The molecule has 0 aliphatic rings. The summed E-state index contributed by atoms with van der Waals surface area (Å²) in [5.41, 5.74) is 3.22. The molecule has 1 aromatic carbocycles. The van der Waals surface area contributed by atoms with Crippen LogP contribution in [-0.2, 0) is 11.3 Å². The Balaban J connectivity index is 2.63. The smallest absolute Gasteiger partial charge is 0.225 e. The quantitative estimate of drug-likeness (QED) is 0.654. The lowest BCUT2D eigenvalue weighted by Crippen LogP contribution is -2.40. The molecule has 0 saturated heterocycles. The molecule has 28 heavy (non-hydrogen) atoms. The molecule has 1 amide bonds. The van der Waals surface area contributed by atoms with Gasteiger partial charge in [0.25, 0.3) is 0 Å². The van der Waals surface area contributed by atoms with Crippen molar-refractivity contribution in [2.24, 2.45) is 5.92 Å². The Morgan fingerprint density at radius 1 is 1.07 bits per heavy atom. The number of hydrogen-bond acceptors (Lipinski definition) is 3. The molecule has 0 fully saturated rings. The van der Waals surface area contributed by atoms with Crippen LogP contribution in [0, 0.1) is 5.92 Å². The molecule has 0 bridgehead atoms. The van der Waals surface area contributed by atoms with Gasteiger partial charge < -0.3 is 9.80 Å². The second-order valence-corrected chi connectivity index (χ2v) is 8.36. The highest BCUT2D eigenvalue weighted by Gasteiger charge is 2.28. The Kier molecular flexibility index (Phi) is 7.28. The molecule has 0 saturated carbocycles. The minimum atomic E-state index is -0.0246. The fourth-order valence-corrected chi connectivity index (χ4v) is 3.46. The molecular formula is C23H36N4O. The van der Waals surface area contributed by atoms with E-state index in [1.165, 1.54) is 0 Å². The van der Waals surface area contributed by atoms with Crippen molar-refractivity contribution >= 4 is 11.7 Å². The molecule has 0 N–H and O–H groups in total. The molecule has 0 aliphatic heterocycles. The van der Waals surface area contributed by atoms with Gasteiger partial charge >= 0.3 is 0 Å². The zero-order chi connectivity index (χ0) is 21.0. The predicted molar refractivity (Wildman–Crippen MR) is 117 cm³/mol. The van der Waals surface area contributed by atoms with E-state index in [-0.39, 0.29) is 23.8 Å². The first-order valence-electron chi connectivity index (χ1n) is 10.3. The number of nitrogens with zero attached hydrogens (tertiary/aromatic N) is 4. The summed E-state index contributed by atoms with van der Waals surface area (Å²) in [5.74, 6) is 1.48. The van der Waals surface area contributed by atoms with Crippen LogP contribution in [0.25, 0.3) is 5.69 Å². The van der Waals surface area contributed by atoms with Crippen molar-refractivity contribution in [3.05, 3.63) is 41.6 Å². The normalized spacial score (nSPS) is 12.5. The molecule has 2 rings (SSSR count). The van der Waals surface area contributed by atoms with E-state index in [0.29, 0.717) is 6.54 Å². The molecule has 2 aromatic rings. The van der Waals surface area contributed by atoms with E-state index >= 15 is 0 Å². The van der Waals surface area contributed by atoms with E-state index in [2.05, 4.69) is 44.7 Å². The van der Waals surface area contributed by atoms with Gasteiger partial charge in [0, 0.05) is 31.6 Å². The molecule has 5 heteroatoms. The summed E-state index contributed by atoms with van der Waals surface area (Å²) >= 11 is 0. The van der Waals surface area contributed by atoms with E-state index in [1.54, 1.807) is 0 Å². The highest BCUT2D eigenvalue weighted by Crippen LogP contribution is 2.32. The summed E-state index contributed by atoms with van der Waals surface area (Å²) in [7, 11) is 4.09. The molecular weight excluding hydrogens is 348 g/mol. The minimum Gasteiger partial charge on any atom is -0.362 e. The van der Waals surface area contributed by atoms with Crippen LogP contribution >= 0.6 is 0 Å². The summed E-state index contributed by atoms with van der Waals surface area (Å²) in [5, 5.41) is 4.98. The van der Waals surface area contributed by atoms with Gasteiger partial charge in [-0.1, -0.05) is 52.8 Å². The number of carbonyl (C=O) groups is 1. The molecule has 1 atom stereocenters. The van der Waals surface area contributed by atoms with Gasteiger partial charge in [-0.05, 0) is 31.4 Å². The maximum absolute atomic E-state index is 13.0. The number of hydrogen-bond donors (Lipinski definition) is 0. The van der Waals surface area contributed by atoms with Crippen LogP contribution in [0.3, 0.4) is 0 Å². The zero-order valence-corrected chi connectivity index (χ0v) is 18.7. The van der Waals surface area contributed by atoms with Crippen LogP contribution < -0.4 is 4.90 Å². The summed E-state index contributed by atoms with van der Waals surface area (Å²) in [6, 6.07) is 10.4. The maximum Gasteiger partial charge on any atom is 0.225 e. The van der Waals surface area contributed by atoms with Crippen LogP contribution in [0.5, 0.6) is 0 Å². The van der Waals surface area contributed by atoms with Crippen LogP contribution in [0.15, 0.2) is 30.3 Å². The monoisotopic (exact) mass is 384 g/mol. The summed E-state index contributed by atoms with van der Waals surface area (Å²) in [6.45, 7) is 13.1. The lowest BCUT2D eigenvalue weighted by Gasteiger charge is -2.31. The average molecular weight is 385 g/mol. The van der Waals surface area contributed by atoms with E-state index in [9.17, 15) is 4.79 Å². The Morgan fingerprint density at radius 3 is 2.14 bits per heavy atom. The molecule has 0 radical (unpaired) electrons. The highest BCUT2D eigenvalue weighted by molar-refractivity contribution is 5.78. The lowest BCUT2D eigenvalue weighted by atomic mass is 10.0. The van der Waals surface area contributed by atoms with Gasteiger partial charge in [0.2, 0.25) is 5.91 Å². The molecule has 1 heterocycles. The number of para-hydroxylation sites is 1. The van der Waals surface area contributed by atoms with Gasteiger partial charge in [-0.15, -0.1) is 0 Å². The first-order chi connectivity index (χ1) is 13.2. The second-order valence-electron chi connectivity index (χ2n) is 8.36. The van der Waals surface area contributed by atoms with Gasteiger partial charge in [0.1, 0.15) is 5.82 Å². The standard InChI is InChI=1S/C23H36N4O/c1-9-18(6)26(23(28)17(4)5)15-20-21(16(2)3)24-27(22(20)25(7)8)19-13-11-10-12-14-19/h10-14,16-18H,9,15H2,1-8H3/t18-/m1/s1. The van der Waals surface area contributed by atoms with Gasteiger partial charge in [-0.25, -0.2) is 4.68 Å². The first kappa shape index (κ1) is 22.0. The molecule has 154 valence electrons. The molecule has 0 aliphatic carbocycles. The largest absolute Gasteiger partial charge is 0.362 e. The van der Waals surface area contributed by atoms with Crippen LogP contribution in [0.2, 0.25) is 0 Å². The third-order valence-electron chi connectivity index (χ3n) is 5.19. The van der Waals surface area contributed by atoms with E-state index < -0.39 is 0 Å². The van der Waals surface area contributed by atoms with Crippen molar-refractivity contribution in [2.75, 3.05) is 19.0 Å². The fraction of sp³-hybridized carbons (Fsp3) is 0.565. The van der Waals surface area contributed by atoms with Crippen LogP contribution in [0.4, 0.5) is 5.82 Å². The van der Waals surface area contributed by atoms with Crippen molar-refractivity contribution < 1.29 is 4.79 Å². The first-order valence-corrected chi connectivity index (χ1v) is 10.3. The topological polar surface area (TPSA) is 41.4 Å². The summed E-state index contributed by atoms with van der Waals surface area (Å²) in [4.78, 5) is 17.1. The van der Waals surface area contributed by atoms with Crippen molar-refractivity contribution in [1.82, 2.24) is 14.7 Å². The molecule has 5 nitrogen and oxygen atoms in total. The molecule has 0 unspecified atom stereocenters. The molecule has 0 spiro atoms. The van der Waals surface area contributed by atoms with Crippen molar-refractivity contribution in [2.45, 2.75) is 66.5 Å². The number of benzene rings is 1. The average Bonchev–Trinajstić information content (AvgIpc) is 3.05. The summed E-state index contributed by atoms with van der Waals surface area (Å²) in [6.07, 6.45) is 0.930. The number of amides is 1. The Morgan fingerprint density at radius 2 is 1.68 bits per heavy atom. The van der Waals surface area contributed by atoms with Crippen LogP contribution in [0.1, 0.15) is 65.1 Å². The molecule has 1 aromatic heterocycles. The van der Waals surface area contributed by atoms with Gasteiger partial charge in [-0.3, -0.25) is 4.79 Å². The SMILES string of the molecule is CC[C@@H](C)N(Cc1c(C(C)C)nn(-c2ccccc2)c1N(C)C)C(=O)C(C)C. The van der Waals surface area contributed by atoms with Crippen LogP contribution in [-0.4, -0.2) is 40.7 Å².